The third-order valence-corrected chi connectivity index (χ3v) is 3.94. The van der Waals surface area contributed by atoms with Gasteiger partial charge in [-0.2, -0.15) is 0 Å². The van der Waals surface area contributed by atoms with E-state index in [1.807, 2.05) is 0 Å². The fourth-order valence-corrected chi connectivity index (χ4v) is 2.69. The summed E-state index contributed by atoms with van der Waals surface area (Å²) in [6, 6.07) is 2.25. The third-order valence-electron chi connectivity index (χ3n) is 3.34. The maximum atomic E-state index is 12.2. The Hall–Kier alpha value is -2.36. The molecule has 11 heteroatoms. The third kappa shape index (κ3) is 3.68. The molecule has 0 saturated carbocycles. The Labute approximate surface area is 151 Å². The molecule has 1 aromatic carbocycles. The lowest BCUT2D eigenvalue weighted by Gasteiger charge is -2.31. The number of benzene rings is 1. The van der Waals surface area contributed by atoms with Crippen LogP contribution in [0.3, 0.4) is 0 Å². The van der Waals surface area contributed by atoms with Crippen molar-refractivity contribution in [2.24, 2.45) is 0 Å². The number of nitro groups is 1. The Morgan fingerprint density at radius 1 is 1.20 bits per heavy atom. The lowest BCUT2D eigenvalue weighted by Crippen LogP contribution is -2.39. The molecular formula is C14H12Cl2N2O7. The van der Waals surface area contributed by atoms with Crippen molar-refractivity contribution >= 4 is 46.5 Å². The first-order chi connectivity index (χ1) is 11.8. The summed E-state index contributed by atoms with van der Waals surface area (Å²) in [7, 11) is 2.29. The minimum Gasteiger partial charge on any atom is -0.466 e. The predicted molar refractivity (Wildman–Crippen MR) is 87.5 cm³/mol. The van der Waals surface area contributed by atoms with Crippen molar-refractivity contribution in [3.8, 4) is 0 Å². The average molecular weight is 391 g/mol. The molecule has 134 valence electrons. The summed E-state index contributed by atoms with van der Waals surface area (Å²) in [5.74, 6) is -1.61. The molecule has 1 aromatic rings. The van der Waals surface area contributed by atoms with E-state index in [0.29, 0.717) is 0 Å². The molecule has 2 rings (SSSR count). The summed E-state index contributed by atoms with van der Waals surface area (Å²) in [6.45, 7) is -0.329. The van der Waals surface area contributed by atoms with Crippen LogP contribution in [0, 0.1) is 10.1 Å². The lowest BCUT2D eigenvalue weighted by atomic mass is 10.1. The van der Waals surface area contributed by atoms with E-state index in [1.165, 1.54) is 11.0 Å². The molecule has 1 aliphatic heterocycles. The molecule has 1 aliphatic rings. The highest BCUT2D eigenvalue weighted by Crippen LogP contribution is 2.38. The van der Waals surface area contributed by atoms with Crippen molar-refractivity contribution in [3.05, 3.63) is 43.6 Å². The fraction of sp³-hybridized carbons (Fsp3) is 0.286. The van der Waals surface area contributed by atoms with Gasteiger partial charge in [-0.05, 0) is 6.07 Å². The normalized spacial score (nSPS) is 14.3. The van der Waals surface area contributed by atoms with Gasteiger partial charge in [-0.25, -0.2) is 9.59 Å². The maximum absolute atomic E-state index is 12.2. The molecule has 1 heterocycles. The maximum Gasteiger partial charge on any atom is 0.355 e. The van der Waals surface area contributed by atoms with Crippen LogP contribution in [0.5, 0.6) is 0 Å². The first-order valence-corrected chi connectivity index (χ1v) is 7.45. The van der Waals surface area contributed by atoms with Crippen molar-refractivity contribution in [1.29, 1.82) is 0 Å². The van der Waals surface area contributed by atoms with Gasteiger partial charge in [0.15, 0.2) is 0 Å². The Morgan fingerprint density at radius 3 is 2.40 bits per heavy atom. The quantitative estimate of drug-likeness (QED) is 0.437. The molecule has 0 N–H and O–H groups in total. The van der Waals surface area contributed by atoms with E-state index < -0.39 is 22.5 Å². The van der Waals surface area contributed by atoms with E-state index in [-0.39, 0.29) is 40.3 Å². The molecule has 0 aliphatic carbocycles. The summed E-state index contributed by atoms with van der Waals surface area (Å²) in [5.41, 5.74) is -0.484. The summed E-state index contributed by atoms with van der Waals surface area (Å²) in [6.07, 6.45) is 0. The number of methoxy groups -OCH3 is 2. The van der Waals surface area contributed by atoms with Crippen LogP contribution < -0.4 is 4.90 Å². The van der Waals surface area contributed by atoms with E-state index in [9.17, 15) is 19.7 Å². The first-order valence-electron chi connectivity index (χ1n) is 6.70. The molecule has 0 amide bonds. The van der Waals surface area contributed by atoms with Crippen LogP contribution in [-0.4, -0.2) is 44.4 Å². The van der Waals surface area contributed by atoms with Gasteiger partial charge in [0.2, 0.25) is 0 Å². The lowest BCUT2D eigenvalue weighted by molar-refractivity contribution is -0.384. The first kappa shape index (κ1) is 19.0. The highest BCUT2D eigenvalue weighted by atomic mass is 35.5. The zero-order chi connectivity index (χ0) is 18.7. The van der Waals surface area contributed by atoms with Crippen LogP contribution in [0.4, 0.5) is 11.4 Å². The minimum atomic E-state index is -0.825. The molecule has 0 radical (unpaired) electrons. The standard InChI is InChI=1S/C14H12Cl2N2O7/c1-23-13(19)7-5-25-6-17(12(7)14(20)24-2)10-3-9(16)11(18(21)22)4-8(10)15/h3-4H,5-6H2,1-2H3. The van der Waals surface area contributed by atoms with Crippen molar-refractivity contribution in [2.75, 3.05) is 32.5 Å². The minimum absolute atomic E-state index is 0.0628. The molecule has 0 saturated heterocycles. The number of carbonyl (C=O) groups excluding carboxylic acids is 2. The zero-order valence-corrected chi connectivity index (χ0v) is 14.6. The topological polar surface area (TPSA) is 108 Å². The van der Waals surface area contributed by atoms with Crippen LogP contribution >= 0.6 is 23.2 Å². The van der Waals surface area contributed by atoms with Gasteiger partial charge < -0.3 is 19.1 Å². The second-order valence-electron chi connectivity index (χ2n) is 4.73. The molecule has 0 bridgehead atoms. The molecule has 0 atom stereocenters. The van der Waals surface area contributed by atoms with Gasteiger partial charge in [0.1, 0.15) is 17.5 Å². The van der Waals surface area contributed by atoms with E-state index >= 15 is 0 Å². The Kier molecular flexibility index (Phi) is 5.83. The van der Waals surface area contributed by atoms with Gasteiger partial charge in [0, 0.05) is 6.07 Å². The number of hydrogen-bond donors (Lipinski definition) is 0. The second kappa shape index (κ2) is 7.68. The number of carbonyl (C=O) groups is 2. The number of ether oxygens (including phenoxy) is 3. The van der Waals surface area contributed by atoms with Gasteiger partial charge in [-0.15, -0.1) is 0 Å². The molecule has 25 heavy (non-hydrogen) atoms. The van der Waals surface area contributed by atoms with Crippen LogP contribution in [0.2, 0.25) is 10.0 Å². The molecule has 0 spiro atoms. The van der Waals surface area contributed by atoms with Crippen molar-refractivity contribution < 1.29 is 28.7 Å². The Bertz CT molecular complexity index is 779. The Morgan fingerprint density at radius 2 is 1.84 bits per heavy atom. The molecule has 9 nitrogen and oxygen atoms in total. The average Bonchev–Trinajstić information content (AvgIpc) is 2.61. The fourth-order valence-electron chi connectivity index (χ4n) is 2.21. The number of halogens is 2. The van der Waals surface area contributed by atoms with Gasteiger partial charge in [-0.1, -0.05) is 23.2 Å². The highest BCUT2D eigenvalue weighted by Gasteiger charge is 2.34. The number of nitrogens with zero attached hydrogens (tertiary/aromatic N) is 2. The monoisotopic (exact) mass is 390 g/mol. The number of esters is 2. The van der Waals surface area contributed by atoms with Crippen LogP contribution in [-0.2, 0) is 23.8 Å². The summed E-state index contributed by atoms with van der Waals surface area (Å²) >= 11 is 12.0. The van der Waals surface area contributed by atoms with Crippen LogP contribution in [0.1, 0.15) is 0 Å². The van der Waals surface area contributed by atoms with Crippen LogP contribution in [0.25, 0.3) is 0 Å². The van der Waals surface area contributed by atoms with E-state index in [2.05, 4.69) is 4.74 Å². The van der Waals surface area contributed by atoms with Crippen molar-refractivity contribution in [2.45, 2.75) is 0 Å². The molecule has 0 aromatic heterocycles. The second-order valence-corrected chi connectivity index (χ2v) is 5.54. The predicted octanol–water partition coefficient (Wildman–Crippen LogP) is 2.30. The van der Waals surface area contributed by atoms with Crippen molar-refractivity contribution in [1.82, 2.24) is 0 Å². The van der Waals surface area contributed by atoms with Gasteiger partial charge in [-0.3, -0.25) is 10.1 Å². The number of hydrogen-bond acceptors (Lipinski definition) is 8. The van der Waals surface area contributed by atoms with Gasteiger partial charge >= 0.3 is 11.9 Å². The van der Waals surface area contributed by atoms with Crippen LogP contribution in [0.15, 0.2) is 23.4 Å². The van der Waals surface area contributed by atoms with Gasteiger partial charge in [0.05, 0.1) is 42.0 Å². The highest BCUT2D eigenvalue weighted by molar-refractivity contribution is 6.37. The molecule has 0 fully saturated rings. The van der Waals surface area contributed by atoms with E-state index in [4.69, 9.17) is 32.7 Å². The number of nitro benzene ring substituents is 1. The van der Waals surface area contributed by atoms with E-state index in [1.54, 1.807) is 0 Å². The summed E-state index contributed by atoms with van der Waals surface area (Å²) < 4.78 is 14.6. The van der Waals surface area contributed by atoms with Crippen molar-refractivity contribution in [3.63, 3.8) is 0 Å². The van der Waals surface area contributed by atoms with Gasteiger partial charge in [0.25, 0.3) is 5.69 Å². The Balaban J connectivity index is 2.64. The molecule has 0 unspecified atom stereocenters. The summed E-state index contributed by atoms with van der Waals surface area (Å²) in [4.78, 5) is 35.6. The summed E-state index contributed by atoms with van der Waals surface area (Å²) in [5, 5.41) is 10.7. The number of anilines is 1. The van der Waals surface area contributed by atoms with E-state index in [0.717, 1.165) is 20.3 Å². The largest absolute Gasteiger partial charge is 0.466 e. The molecular weight excluding hydrogens is 379 g/mol. The number of rotatable bonds is 4. The smallest absolute Gasteiger partial charge is 0.355 e. The zero-order valence-electron chi connectivity index (χ0n) is 13.1. The SMILES string of the molecule is COC(=O)C1=C(C(=O)OC)N(c2cc(Cl)c([N+](=O)[O-])cc2Cl)COC1.